The van der Waals surface area contributed by atoms with E-state index in [9.17, 15) is 36.6 Å². The van der Waals surface area contributed by atoms with E-state index in [2.05, 4.69) is 9.97 Å². The van der Waals surface area contributed by atoms with Gasteiger partial charge in [0.05, 0.1) is 47.9 Å². The maximum absolute atomic E-state index is 13.1. The van der Waals surface area contributed by atoms with Crippen LogP contribution in [0, 0.1) is 5.41 Å². The van der Waals surface area contributed by atoms with E-state index in [1.165, 1.54) is 34.1 Å². The van der Waals surface area contributed by atoms with Gasteiger partial charge in [0.1, 0.15) is 6.61 Å². The number of phenolic OH excluding ortho intramolecular Hbond substituents is 1. The van der Waals surface area contributed by atoms with Crippen LogP contribution in [-0.2, 0) is 25.3 Å². The van der Waals surface area contributed by atoms with Crippen molar-refractivity contribution in [3.8, 4) is 23.0 Å². The molecule has 7 nitrogen and oxygen atoms in total. The van der Waals surface area contributed by atoms with Crippen LogP contribution >= 0.6 is 11.6 Å². The average Bonchev–Trinajstić information content (AvgIpc) is 3.26. The van der Waals surface area contributed by atoms with Gasteiger partial charge >= 0.3 is 12.4 Å². The van der Waals surface area contributed by atoms with Gasteiger partial charge in [-0.25, -0.2) is 4.98 Å². The van der Waals surface area contributed by atoms with Crippen molar-refractivity contribution in [1.29, 1.82) is 0 Å². The SMILES string of the molecule is CCC(C)(CCc1ccc(O)c(OC)c1)C(F)(F)F.CCC(O)(CCc1ccc(OCc2ccc3ccccc3n2)c(OC)c1)C(F)(F)F.ClCc1ccc2ccccc2n1. The van der Waals surface area contributed by atoms with Crippen LogP contribution in [0.5, 0.6) is 23.0 Å². The Morgan fingerprint density at radius 1 is 0.607 bits per heavy atom. The van der Waals surface area contributed by atoms with E-state index >= 15 is 0 Å². The molecule has 0 fully saturated rings. The van der Waals surface area contributed by atoms with Crippen molar-refractivity contribution in [3.63, 3.8) is 0 Å². The summed E-state index contributed by atoms with van der Waals surface area (Å²) in [4.78, 5) is 8.91. The van der Waals surface area contributed by atoms with Crippen LogP contribution in [0.2, 0.25) is 0 Å². The summed E-state index contributed by atoms with van der Waals surface area (Å²) in [5.41, 5.74) is 0.519. The van der Waals surface area contributed by atoms with Gasteiger partial charge in [0.25, 0.3) is 0 Å². The van der Waals surface area contributed by atoms with Gasteiger partial charge in [-0.2, -0.15) is 26.3 Å². The average molecular weight is 873 g/mol. The number of pyridine rings is 2. The van der Waals surface area contributed by atoms with E-state index in [4.69, 9.17) is 25.8 Å². The van der Waals surface area contributed by atoms with Crippen molar-refractivity contribution in [3.05, 3.63) is 132 Å². The fourth-order valence-corrected chi connectivity index (χ4v) is 6.35. The molecule has 14 heteroatoms. The van der Waals surface area contributed by atoms with Gasteiger partial charge in [-0.3, -0.25) is 4.98 Å². The van der Waals surface area contributed by atoms with Gasteiger partial charge in [0.2, 0.25) is 0 Å². The van der Waals surface area contributed by atoms with E-state index in [1.54, 1.807) is 37.3 Å². The molecule has 0 aliphatic rings. The Morgan fingerprint density at radius 3 is 1.66 bits per heavy atom. The number of aromatic nitrogens is 2. The second-order valence-electron chi connectivity index (χ2n) is 14.7. The number of benzene rings is 4. The quantitative estimate of drug-likeness (QED) is 0.0831. The normalized spacial score (nSPS) is 13.5. The van der Waals surface area contributed by atoms with Crippen LogP contribution in [0.15, 0.2) is 109 Å². The Kier molecular flexibility index (Phi) is 17.1. The number of nitrogens with zero attached hydrogens (tertiary/aromatic N) is 2. The van der Waals surface area contributed by atoms with E-state index in [-0.39, 0.29) is 37.4 Å². The molecule has 0 saturated heterocycles. The Morgan fingerprint density at radius 2 is 1.13 bits per heavy atom. The lowest BCUT2D eigenvalue weighted by Gasteiger charge is -2.31. The highest BCUT2D eigenvalue weighted by Gasteiger charge is 2.51. The first-order chi connectivity index (χ1) is 28.9. The van der Waals surface area contributed by atoms with Gasteiger partial charge in [-0.1, -0.05) is 81.4 Å². The molecule has 2 heterocycles. The maximum Gasteiger partial charge on any atom is 0.417 e. The number of rotatable bonds is 14. The summed E-state index contributed by atoms with van der Waals surface area (Å²) >= 11 is 5.66. The number of phenols is 1. The summed E-state index contributed by atoms with van der Waals surface area (Å²) < 4.78 is 94.2. The Hall–Kier alpha value is -5.27. The summed E-state index contributed by atoms with van der Waals surface area (Å²) in [6.07, 6.45) is -9.27. The molecular formula is C47H51ClF6N2O5. The Labute approximate surface area is 357 Å². The highest BCUT2D eigenvalue weighted by atomic mass is 35.5. The fraction of sp³-hybridized carbons (Fsp3) is 0.362. The number of alkyl halides is 7. The molecule has 2 aromatic heterocycles. The topological polar surface area (TPSA) is 93.9 Å². The first-order valence-electron chi connectivity index (χ1n) is 19.7. The van der Waals surface area contributed by atoms with Crippen LogP contribution in [0.3, 0.4) is 0 Å². The second kappa shape index (κ2) is 21.5. The number of para-hydroxylation sites is 2. The van der Waals surface area contributed by atoms with Crippen molar-refractivity contribution in [2.45, 2.75) is 89.7 Å². The van der Waals surface area contributed by atoms with Gasteiger partial charge in [0.15, 0.2) is 28.6 Å². The zero-order valence-corrected chi connectivity index (χ0v) is 35.5. The molecule has 0 bridgehead atoms. The number of hydrogen-bond acceptors (Lipinski definition) is 7. The molecule has 6 rings (SSSR count). The lowest BCUT2D eigenvalue weighted by molar-refractivity contribution is -0.263. The van der Waals surface area contributed by atoms with Crippen LogP contribution in [0.4, 0.5) is 26.3 Å². The van der Waals surface area contributed by atoms with Gasteiger partial charge in [0, 0.05) is 10.8 Å². The molecule has 2 atom stereocenters. The van der Waals surface area contributed by atoms with Crippen LogP contribution < -0.4 is 14.2 Å². The Bertz CT molecular complexity index is 2330. The van der Waals surface area contributed by atoms with E-state index < -0.39 is 36.2 Å². The lowest BCUT2D eigenvalue weighted by atomic mass is 9.81. The molecule has 0 aliphatic carbocycles. The molecule has 0 saturated carbocycles. The fourth-order valence-electron chi connectivity index (χ4n) is 6.20. The smallest absolute Gasteiger partial charge is 0.417 e. The van der Waals surface area contributed by atoms with Crippen molar-refractivity contribution in [2.24, 2.45) is 5.41 Å². The zero-order valence-electron chi connectivity index (χ0n) is 34.7. The van der Waals surface area contributed by atoms with E-state index in [1.807, 2.05) is 72.8 Å². The van der Waals surface area contributed by atoms with Gasteiger partial charge in [-0.05, 0) is 98.2 Å². The third-order valence-corrected chi connectivity index (χ3v) is 10.9. The van der Waals surface area contributed by atoms with Crippen molar-refractivity contribution >= 4 is 33.4 Å². The molecule has 2 N–H and O–H groups in total. The summed E-state index contributed by atoms with van der Waals surface area (Å²) in [6.45, 7) is 4.34. The number of halogens is 7. The van der Waals surface area contributed by atoms with Gasteiger partial charge in [-0.15, -0.1) is 11.6 Å². The van der Waals surface area contributed by atoms with Gasteiger partial charge < -0.3 is 24.4 Å². The number of aryl methyl sites for hydroxylation is 2. The Balaban J connectivity index is 0.000000224. The molecule has 4 aromatic carbocycles. The maximum atomic E-state index is 13.1. The summed E-state index contributed by atoms with van der Waals surface area (Å²) in [5, 5.41) is 21.5. The lowest BCUT2D eigenvalue weighted by Crippen LogP contribution is -2.44. The molecular weight excluding hydrogens is 822 g/mol. The van der Waals surface area contributed by atoms with E-state index in [0.717, 1.165) is 38.8 Å². The number of hydrogen-bond donors (Lipinski definition) is 2. The minimum absolute atomic E-state index is 0.0136. The van der Waals surface area contributed by atoms with Crippen molar-refractivity contribution in [1.82, 2.24) is 9.97 Å². The second-order valence-corrected chi connectivity index (χ2v) is 15.0. The molecule has 2 unspecified atom stereocenters. The first-order valence-corrected chi connectivity index (χ1v) is 20.2. The highest BCUT2D eigenvalue weighted by Crippen LogP contribution is 2.44. The molecule has 328 valence electrons. The predicted octanol–water partition coefficient (Wildman–Crippen LogP) is 12.7. The van der Waals surface area contributed by atoms with E-state index in [0.29, 0.717) is 29.4 Å². The third-order valence-electron chi connectivity index (χ3n) is 10.7. The van der Waals surface area contributed by atoms with Crippen molar-refractivity contribution in [2.75, 3.05) is 14.2 Å². The molecule has 6 aromatic rings. The van der Waals surface area contributed by atoms with Crippen LogP contribution in [-0.4, -0.2) is 52.4 Å². The predicted molar refractivity (Wildman–Crippen MR) is 227 cm³/mol. The molecule has 0 aliphatic heterocycles. The minimum atomic E-state index is -4.66. The largest absolute Gasteiger partial charge is 0.504 e. The molecule has 0 radical (unpaired) electrons. The number of methoxy groups -OCH3 is 2. The molecule has 0 amide bonds. The number of aliphatic hydroxyl groups is 1. The van der Waals surface area contributed by atoms with Crippen LogP contribution in [0.1, 0.15) is 69.0 Å². The highest BCUT2D eigenvalue weighted by molar-refractivity contribution is 6.16. The minimum Gasteiger partial charge on any atom is -0.504 e. The summed E-state index contributed by atoms with van der Waals surface area (Å²) in [6, 6.07) is 33.2. The summed E-state index contributed by atoms with van der Waals surface area (Å²) in [7, 11) is 2.88. The monoisotopic (exact) mass is 872 g/mol. The first kappa shape index (κ1) is 48.4. The van der Waals surface area contributed by atoms with Crippen molar-refractivity contribution < 1.29 is 50.8 Å². The number of fused-ring (bicyclic) bond motifs is 2. The summed E-state index contributed by atoms with van der Waals surface area (Å²) in [5.74, 6) is 1.63. The molecule has 61 heavy (non-hydrogen) atoms. The number of aromatic hydroxyl groups is 1. The molecule has 0 spiro atoms. The number of ether oxygens (including phenoxy) is 3. The zero-order chi connectivity index (χ0) is 44.8. The van der Waals surface area contributed by atoms with Crippen LogP contribution in [0.25, 0.3) is 21.8 Å². The third kappa shape index (κ3) is 13.1. The standard InChI is InChI=1S/C23H24F3NO3.C14H19F3O2.C10H8ClN/c1-3-22(28,23(24,25)26)13-12-16-8-11-20(21(14-16)29-2)30-15-18-10-9-17-6-4-5-7-19(17)27-18;1-4-13(2,14(15,16)17)8-7-10-5-6-11(18)12(9-10)19-3;11-7-9-6-5-8-3-1-2-4-10(8)12-9/h4-11,14,28H,3,12-13,15H2,1-2H3;5-6,9,18H,4,7-8H2,1-3H3;1-6H,7H2.